The van der Waals surface area contributed by atoms with Crippen LogP contribution in [0.15, 0.2) is 53.0 Å². The summed E-state index contributed by atoms with van der Waals surface area (Å²) in [6.45, 7) is 0. The standard InChI is InChI=1S/C16H14BrN3/c1-20(2)16-13-10-12(17)8-9-14(13)18-15(19-16)11-6-4-3-5-7-11/h3-10H,1-2H3. The molecular formula is C16H14BrN3. The fourth-order valence-electron chi connectivity index (χ4n) is 2.14. The van der Waals surface area contributed by atoms with Gasteiger partial charge in [0, 0.05) is 29.5 Å². The molecule has 0 amide bonds. The quantitative estimate of drug-likeness (QED) is 0.708. The van der Waals surface area contributed by atoms with Gasteiger partial charge in [0.25, 0.3) is 0 Å². The van der Waals surface area contributed by atoms with Gasteiger partial charge in [-0.15, -0.1) is 0 Å². The summed E-state index contributed by atoms with van der Waals surface area (Å²) in [5.74, 6) is 1.68. The zero-order valence-electron chi connectivity index (χ0n) is 11.3. The van der Waals surface area contributed by atoms with Gasteiger partial charge in [0.05, 0.1) is 5.52 Å². The van der Waals surface area contributed by atoms with Crippen molar-refractivity contribution in [1.29, 1.82) is 0 Å². The summed E-state index contributed by atoms with van der Waals surface area (Å²) in [5.41, 5.74) is 1.98. The van der Waals surface area contributed by atoms with E-state index < -0.39 is 0 Å². The van der Waals surface area contributed by atoms with Crippen molar-refractivity contribution in [2.45, 2.75) is 0 Å². The smallest absolute Gasteiger partial charge is 0.162 e. The monoisotopic (exact) mass is 327 g/mol. The topological polar surface area (TPSA) is 29.0 Å². The van der Waals surface area contributed by atoms with Gasteiger partial charge in [0.15, 0.2) is 5.82 Å². The van der Waals surface area contributed by atoms with Crippen LogP contribution in [0.1, 0.15) is 0 Å². The second-order valence-corrected chi connectivity index (χ2v) is 5.71. The molecule has 0 aliphatic heterocycles. The van der Waals surface area contributed by atoms with Crippen LogP contribution in [0.4, 0.5) is 5.82 Å². The van der Waals surface area contributed by atoms with Crippen molar-refractivity contribution < 1.29 is 0 Å². The molecule has 1 heterocycles. The summed E-state index contributed by atoms with van der Waals surface area (Å²) in [4.78, 5) is 11.4. The molecule has 0 bridgehead atoms. The van der Waals surface area contributed by atoms with Gasteiger partial charge >= 0.3 is 0 Å². The molecule has 3 rings (SSSR count). The first-order valence-electron chi connectivity index (χ1n) is 6.35. The number of anilines is 1. The van der Waals surface area contributed by atoms with Crippen molar-refractivity contribution in [2.24, 2.45) is 0 Å². The van der Waals surface area contributed by atoms with Crippen LogP contribution in [-0.2, 0) is 0 Å². The van der Waals surface area contributed by atoms with Crippen molar-refractivity contribution in [1.82, 2.24) is 9.97 Å². The van der Waals surface area contributed by atoms with E-state index >= 15 is 0 Å². The summed E-state index contributed by atoms with van der Waals surface area (Å²) in [6.07, 6.45) is 0. The molecule has 4 heteroatoms. The van der Waals surface area contributed by atoms with Crippen LogP contribution in [0.2, 0.25) is 0 Å². The normalized spacial score (nSPS) is 10.8. The molecule has 3 aromatic rings. The van der Waals surface area contributed by atoms with Crippen LogP contribution in [-0.4, -0.2) is 24.1 Å². The van der Waals surface area contributed by atoms with Crippen LogP contribution in [0.25, 0.3) is 22.3 Å². The number of hydrogen-bond donors (Lipinski definition) is 0. The number of nitrogens with zero attached hydrogens (tertiary/aromatic N) is 3. The van der Waals surface area contributed by atoms with E-state index in [1.165, 1.54) is 0 Å². The fraction of sp³-hybridized carbons (Fsp3) is 0.125. The van der Waals surface area contributed by atoms with Crippen molar-refractivity contribution >= 4 is 32.7 Å². The van der Waals surface area contributed by atoms with Crippen LogP contribution in [0.5, 0.6) is 0 Å². The molecule has 1 aromatic heterocycles. The van der Waals surface area contributed by atoms with E-state index in [1.54, 1.807) is 0 Å². The van der Waals surface area contributed by atoms with Crippen LogP contribution in [0, 0.1) is 0 Å². The van der Waals surface area contributed by atoms with Gasteiger partial charge in [-0.3, -0.25) is 0 Å². The third kappa shape index (κ3) is 2.39. The highest BCUT2D eigenvalue weighted by Crippen LogP contribution is 2.28. The maximum atomic E-state index is 4.71. The molecule has 20 heavy (non-hydrogen) atoms. The minimum atomic E-state index is 0.754. The van der Waals surface area contributed by atoms with E-state index in [9.17, 15) is 0 Å². The second kappa shape index (κ2) is 5.21. The Morgan fingerprint density at radius 1 is 0.950 bits per heavy atom. The first kappa shape index (κ1) is 13.1. The van der Waals surface area contributed by atoms with E-state index in [1.807, 2.05) is 61.5 Å². The fourth-order valence-corrected chi connectivity index (χ4v) is 2.50. The molecule has 0 radical (unpaired) electrons. The molecule has 0 saturated carbocycles. The highest BCUT2D eigenvalue weighted by Gasteiger charge is 2.11. The third-order valence-corrected chi connectivity index (χ3v) is 3.59. The molecule has 0 aliphatic carbocycles. The van der Waals surface area contributed by atoms with Crippen molar-refractivity contribution in [3.8, 4) is 11.4 Å². The maximum absolute atomic E-state index is 4.71. The minimum Gasteiger partial charge on any atom is -0.362 e. The minimum absolute atomic E-state index is 0.754. The molecule has 2 aromatic carbocycles. The Kier molecular flexibility index (Phi) is 3.40. The summed E-state index contributed by atoms with van der Waals surface area (Å²) in [5, 5.41) is 1.05. The molecular weight excluding hydrogens is 314 g/mol. The van der Waals surface area contributed by atoms with Crippen LogP contribution in [0.3, 0.4) is 0 Å². The number of rotatable bonds is 2. The lowest BCUT2D eigenvalue weighted by Crippen LogP contribution is -2.12. The molecule has 0 atom stereocenters. The predicted molar refractivity (Wildman–Crippen MR) is 87.0 cm³/mol. The Morgan fingerprint density at radius 3 is 2.40 bits per heavy atom. The number of aromatic nitrogens is 2. The van der Waals surface area contributed by atoms with Gasteiger partial charge in [0.1, 0.15) is 5.82 Å². The molecule has 0 aliphatic rings. The zero-order chi connectivity index (χ0) is 14.1. The average Bonchev–Trinajstić information content (AvgIpc) is 2.47. The highest BCUT2D eigenvalue weighted by molar-refractivity contribution is 9.10. The predicted octanol–water partition coefficient (Wildman–Crippen LogP) is 4.13. The highest BCUT2D eigenvalue weighted by atomic mass is 79.9. The van der Waals surface area contributed by atoms with Crippen LogP contribution < -0.4 is 4.90 Å². The second-order valence-electron chi connectivity index (χ2n) is 4.79. The lowest BCUT2D eigenvalue weighted by Gasteiger charge is -2.15. The van der Waals surface area contributed by atoms with Gasteiger partial charge in [-0.1, -0.05) is 46.3 Å². The summed E-state index contributed by atoms with van der Waals surface area (Å²) in [6, 6.07) is 16.1. The molecule has 100 valence electrons. The molecule has 0 N–H and O–H groups in total. The lowest BCUT2D eigenvalue weighted by molar-refractivity contribution is 1.07. The molecule has 0 unspecified atom stereocenters. The Balaban J connectivity index is 2.29. The van der Waals surface area contributed by atoms with E-state index in [-0.39, 0.29) is 0 Å². The Morgan fingerprint density at radius 2 is 1.70 bits per heavy atom. The van der Waals surface area contributed by atoms with Gasteiger partial charge in [-0.2, -0.15) is 0 Å². The molecule has 0 saturated heterocycles. The van der Waals surface area contributed by atoms with Gasteiger partial charge < -0.3 is 4.90 Å². The van der Waals surface area contributed by atoms with Gasteiger partial charge in [-0.05, 0) is 18.2 Å². The average molecular weight is 328 g/mol. The van der Waals surface area contributed by atoms with E-state index in [0.717, 1.165) is 32.6 Å². The van der Waals surface area contributed by atoms with E-state index in [2.05, 4.69) is 27.0 Å². The lowest BCUT2D eigenvalue weighted by atomic mass is 10.2. The van der Waals surface area contributed by atoms with E-state index in [4.69, 9.17) is 4.98 Å². The molecule has 0 fully saturated rings. The number of benzene rings is 2. The van der Waals surface area contributed by atoms with Crippen molar-refractivity contribution in [3.05, 3.63) is 53.0 Å². The summed E-state index contributed by atoms with van der Waals surface area (Å²) < 4.78 is 1.03. The summed E-state index contributed by atoms with van der Waals surface area (Å²) >= 11 is 3.51. The first-order valence-corrected chi connectivity index (χ1v) is 7.14. The molecule has 0 spiro atoms. The largest absolute Gasteiger partial charge is 0.362 e. The first-order chi connectivity index (χ1) is 9.65. The summed E-state index contributed by atoms with van der Waals surface area (Å²) in [7, 11) is 3.99. The maximum Gasteiger partial charge on any atom is 0.162 e. The number of hydrogen-bond acceptors (Lipinski definition) is 3. The van der Waals surface area contributed by atoms with Gasteiger partial charge in [0.2, 0.25) is 0 Å². The Labute approximate surface area is 126 Å². The zero-order valence-corrected chi connectivity index (χ0v) is 12.9. The van der Waals surface area contributed by atoms with Crippen molar-refractivity contribution in [2.75, 3.05) is 19.0 Å². The van der Waals surface area contributed by atoms with Crippen molar-refractivity contribution in [3.63, 3.8) is 0 Å². The van der Waals surface area contributed by atoms with Gasteiger partial charge in [-0.25, -0.2) is 9.97 Å². The Hall–Kier alpha value is -1.94. The number of fused-ring (bicyclic) bond motifs is 1. The van der Waals surface area contributed by atoms with Crippen LogP contribution >= 0.6 is 15.9 Å². The molecule has 3 nitrogen and oxygen atoms in total. The Bertz CT molecular complexity index is 754. The van der Waals surface area contributed by atoms with E-state index in [0.29, 0.717) is 0 Å². The SMILES string of the molecule is CN(C)c1nc(-c2ccccc2)nc2ccc(Br)cc12. The third-order valence-electron chi connectivity index (χ3n) is 3.09. The number of halogens is 1.